The Morgan fingerprint density at radius 1 is 1.00 bits per heavy atom. The molecule has 0 bridgehead atoms. The summed E-state index contributed by atoms with van der Waals surface area (Å²) < 4.78 is 24.6. The van der Waals surface area contributed by atoms with Crippen molar-refractivity contribution in [1.29, 1.82) is 0 Å². The molecule has 4 amide bonds. The van der Waals surface area contributed by atoms with Crippen LogP contribution in [0.5, 0.6) is 0 Å². The lowest BCUT2D eigenvalue weighted by atomic mass is 9.92. The molecular formula is C29H35FN4O7. The molecule has 11 nitrogen and oxygen atoms in total. The van der Waals surface area contributed by atoms with Crippen LogP contribution in [0.3, 0.4) is 0 Å². The number of amides is 4. The molecule has 2 aromatic rings. The summed E-state index contributed by atoms with van der Waals surface area (Å²) in [6.07, 6.45) is -0.0688. The second-order valence-corrected chi connectivity index (χ2v) is 10.0. The smallest absolute Gasteiger partial charge is 0.319 e. The SMILES string of the molecule is COC(=O)Cc1cccc(NC(=O)NCC(=O)N2C(C(=O)NCC(C)C)CC(C(=O)OC)C2c2ccccc2F)c1. The lowest BCUT2D eigenvalue weighted by Crippen LogP contribution is -2.50. The number of nitrogens with one attached hydrogen (secondary N) is 3. The molecule has 1 fully saturated rings. The molecule has 220 valence electrons. The fraction of sp³-hybridized carbons (Fsp3) is 0.414. The summed E-state index contributed by atoms with van der Waals surface area (Å²) in [5.74, 6) is -3.85. The molecule has 1 aliphatic rings. The second-order valence-electron chi connectivity index (χ2n) is 10.0. The third kappa shape index (κ3) is 8.03. The zero-order valence-corrected chi connectivity index (χ0v) is 23.4. The van der Waals surface area contributed by atoms with E-state index in [4.69, 9.17) is 4.74 Å². The molecule has 1 heterocycles. The number of urea groups is 1. The standard InChI is InChI=1S/C29H35FN4O7/c1-17(2)15-31-27(37)23-14-21(28(38)41-4)26(20-10-5-6-11-22(20)30)34(23)24(35)16-32-29(39)33-19-9-7-8-18(12-19)13-25(36)40-3/h5-12,17,21,23,26H,13-16H2,1-4H3,(H,31,37)(H2,32,33,39). The Balaban J connectivity index is 1.83. The third-order valence-electron chi connectivity index (χ3n) is 6.66. The van der Waals surface area contributed by atoms with Crippen LogP contribution < -0.4 is 16.0 Å². The van der Waals surface area contributed by atoms with Crippen molar-refractivity contribution in [2.24, 2.45) is 11.8 Å². The van der Waals surface area contributed by atoms with Crippen LogP contribution >= 0.6 is 0 Å². The van der Waals surface area contributed by atoms with Gasteiger partial charge in [0.2, 0.25) is 11.8 Å². The molecule has 0 saturated carbocycles. The number of hydrogen-bond acceptors (Lipinski definition) is 7. The highest BCUT2D eigenvalue weighted by Gasteiger charge is 2.51. The molecule has 3 atom stereocenters. The number of benzene rings is 2. The number of anilines is 1. The largest absolute Gasteiger partial charge is 0.469 e. The summed E-state index contributed by atoms with van der Waals surface area (Å²) >= 11 is 0. The van der Waals surface area contributed by atoms with Gasteiger partial charge in [-0.3, -0.25) is 19.2 Å². The molecule has 3 rings (SSSR count). The van der Waals surface area contributed by atoms with Crippen LogP contribution in [0.1, 0.15) is 37.4 Å². The van der Waals surface area contributed by atoms with Crippen LogP contribution in [0.25, 0.3) is 0 Å². The van der Waals surface area contributed by atoms with E-state index in [1.54, 1.807) is 30.3 Å². The van der Waals surface area contributed by atoms with Gasteiger partial charge in [0.05, 0.1) is 39.1 Å². The summed E-state index contributed by atoms with van der Waals surface area (Å²) in [6.45, 7) is 3.61. The summed E-state index contributed by atoms with van der Waals surface area (Å²) in [4.78, 5) is 64.9. The van der Waals surface area contributed by atoms with E-state index in [9.17, 15) is 28.4 Å². The van der Waals surface area contributed by atoms with Gasteiger partial charge in [-0.2, -0.15) is 0 Å². The average Bonchev–Trinajstić information content (AvgIpc) is 3.35. The Hall–Kier alpha value is -4.48. The van der Waals surface area contributed by atoms with E-state index in [1.165, 1.54) is 32.4 Å². The van der Waals surface area contributed by atoms with E-state index in [1.807, 2.05) is 13.8 Å². The van der Waals surface area contributed by atoms with E-state index in [2.05, 4.69) is 20.7 Å². The zero-order valence-electron chi connectivity index (χ0n) is 23.4. The summed E-state index contributed by atoms with van der Waals surface area (Å²) in [6, 6.07) is 9.28. The van der Waals surface area contributed by atoms with Gasteiger partial charge >= 0.3 is 18.0 Å². The van der Waals surface area contributed by atoms with Crippen LogP contribution in [0.4, 0.5) is 14.9 Å². The molecule has 3 N–H and O–H groups in total. The van der Waals surface area contributed by atoms with Gasteiger partial charge in [0.15, 0.2) is 0 Å². The zero-order chi connectivity index (χ0) is 30.1. The molecule has 0 aliphatic carbocycles. The van der Waals surface area contributed by atoms with Crippen molar-refractivity contribution in [3.63, 3.8) is 0 Å². The number of hydrogen-bond donors (Lipinski definition) is 3. The topological polar surface area (TPSA) is 143 Å². The first-order valence-electron chi connectivity index (χ1n) is 13.2. The number of nitrogens with zero attached hydrogens (tertiary/aromatic N) is 1. The highest BCUT2D eigenvalue weighted by atomic mass is 19.1. The van der Waals surface area contributed by atoms with Gasteiger partial charge in [-0.05, 0) is 36.1 Å². The highest BCUT2D eigenvalue weighted by Crippen LogP contribution is 2.42. The quantitative estimate of drug-likeness (QED) is 0.373. The van der Waals surface area contributed by atoms with Crippen LogP contribution in [-0.4, -0.2) is 68.0 Å². The van der Waals surface area contributed by atoms with Crippen LogP contribution in [0, 0.1) is 17.7 Å². The predicted molar refractivity (Wildman–Crippen MR) is 147 cm³/mol. The number of esters is 2. The molecule has 1 saturated heterocycles. The average molecular weight is 571 g/mol. The number of likely N-dealkylation sites (tertiary alicyclic amines) is 1. The monoisotopic (exact) mass is 570 g/mol. The molecule has 0 aromatic heterocycles. The van der Waals surface area contributed by atoms with Crippen molar-refractivity contribution in [2.75, 3.05) is 32.6 Å². The van der Waals surface area contributed by atoms with Crippen molar-refractivity contribution in [2.45, 2.75) is 38.8 Å². The maximum absolute atomic E-state index is 15.0. The minimum absolute atomic E-state index is 0.0140. The maximum Gasteiger partial charge on any atom is 0.319 e. The molecule has 3 unspecified atom stereocenters. The minimum Gasteiger partial charge on any atom is -0.469 e. The summed E-state index contributed by atoms with van der Waals surface area (Å²) in [5, 5.41) is 7.83. The first-order chi connectivity index (χ1) is 19.5. The van der Waals surface area contributed by atoms with Crippen LogP contribution in [0.15, 0.2) is 48.5 Å². The van der Waals surface area contributed by atoms with E-state index in [0.717, 1.165) is 4.90 Å². The fourth-order valence-corrected chi connectivity index (χ4v) is 4.73. The first kappa shape index (κ1) is 31.1. The van der Waals surface area contributed by atoms with Crippen molar-refractivity contribution in [3.05, 3.63) is 65.5 Å². The van der Waals surface area contributed by atoms with E-state index in [-0.39, 0.29) is 24.3 Å². The molecule has 12 heteroatoms. The Kier molecular flexibility index (Phi) is 10.8. The first-order valence-corrected chi connectivity index (χ1v) is 13.2. The molecule has 2 aromatic carbocycles. The normalized spacial score (nSPS) is 18.0. The molecule has 1 aliphatic heterocycles. The summed E-state index contributed by atoms with van der Waals surface area (Å²) in [7, 11) is 2.46. The van der Waals surface area contributed by atoms with Gasteiger partial charge in [0.1, 0.15) is 11.9 Å². The predicted octanol–water partition coefficient (Wildman–Crippen LogP) is 2.57. The molecule has 41 heavy (non-hydrogen) atoms. The number of ether oxygens (including phenoxy) is 2. The lowest BCUT2D eigenvalue weighted by molar-refractivity contribution is -0.147. The van der Waals surface area contributed by atoms with Gasteiger partial charge < -0.3 is 30.3 Å². The van der Waals surface area contributed by atoms with Gasteiger partial charge in [-0.25, -0.2) is 9.18 Å². The number of carbonyl (C=O) groups is 5. The molecule has 0 radical (unpaired) electrons. The number of methoxy groups -OCH3 is 2. The molecular weight excluding hydrogens is 535 g/mol. The van der Waals surface area contributed by atoms with Crippen molar-refractivity contribution < 1.29 is 37.8 Å². The van der Waals surface area contributed by atoms with Crippen molar-refractivity contribution >= 4 is 35.5 Å². The van der Waals surface area contributed by atoms with E-state index >= 15 is 0 Å². The van der Waals surface area contributed by atoms with Crippen molar-refractivity contribution in [1.82, 2.24) is 15.5 Å². The Morgan fingerprint density at radius 2 is 1.73 bits per heavy atom. The maximum atomic E-state index is 15.0. The Morgan fingerprint density at radius 3 is 2.39 bits per heavy atom. The molecule has 0 spiro atoms. The van der Waals surface area contributed by atoms with E-state index < -0.39 is 60.1 Å². The minimum atomic E-state index is -1.13. The van der Waals surface area contributed by atoms with Gasteiger partial charge in [0, 0.05) is 17.8 Å². The van der Waals surface area contributed by atoms with Gasteiger partial charge in [-0.1, -0.05) is 44.2 Å². The van der Waals surface area contributed by atoms with Gasteiger partial charge in [0.25, 0.3) is 0 Å². The lowest BCUT2D eigenvalue weighted by Gasteiger charge is -2.31. The second kappa shape index (κ2) is 14.2. The Labute approximate surface area is 237 Å². The fourth-order valence-electron chi connectivity index (χ4n) is 4.73. The number of carbonyl (C=O) groups excluding carboxylic acids is 5. The number of rotatable bonds is 10. The van der Waals surface area contributed by atoms with Gasteiger partial charge in [-0.15, -0.1) is 0 Å². The Bertz CT molecular complexity index is 1290. The highest BCUT2D eigenvalue weighted by molar-refractivity contribution is 5.95. The summed E-state index contributed by atoms with van der Waals surface area (Å²) in [5.41, 5.74) is 1.04. The van der Waals surface area contributed by atoms with Crippen LogP contribution in [0.2, 0.25) is 0 Å². The van der Waals surface area contributed by atoms with Crippen LogP contribution in [-0.2, 0) is 35.1 Å². The van der Waals surface area contributed by atoms with Crippen molar-refractivity contribution in [3.8, 4) is 0 Å². The third-order valence-corrected chi connectivity index (χ3v) is 6.66. The number of halogens is 1. The van der Waals surface area contributed by atoms with E-state index in [0.29, 0.717) is 17.8 Å².